The highest BCUT2D eigenvalue weighted by atomic mass is 16.5. The third-order valence-electron chi connectivity index (χ3n) is 7.07. The van der Waals surface area contributed by atoms with Crippen molar-refractivity contribution in [1.82, 2.24) is 30.3 Å². The molecule has 5 rings (SSSR count). The quantitative estimate of drug-likeness (QED) is 0.378. The molecule has 0 amide bonds. The molecule has 8 nitrogen and oxygen atoms in total. The highest BCUT2D eigenvalue weighted by molar-refractivity contribution is 5.98. The first-order chi connectivity index (χ1) is 17.4. The van der Waals surface area contributed by atoms with Gasteiger partial charge in [0, 0.05) is 58.6 Å². The predicted octanol–water partition coefficient (Wildman–Crippen LogP) is 5.44. The highest BCUT2D eigenvalue weighted by Gasteiger charge is 2.37. The van der Waals surface area contributed by atoms with Crippen LogP contribution in [0.5, 0.6) is 5.75 Å². The van der Waals surface area contributed by atoms with Crippen LogP contribution in [0.4, 0.5) is 5.82 Å². The fourth-order valence-corrected chi connectivity index (χ4v) is 5.93. The maximum absolute atomic E-state index is 5.79. The molecule has 0 saturated carbocycles. The molecule has 4 heterocycles. The van der Waals surface area contributed by atoms with Gasteiger partial charge in [0.05, 0.1) is 24.5 Å². The first kappa shape index (κ1) is 25.1. The molecular weight excluding hydrogens is 462 g/mol. The van der Waals surface area contributed by atoms with Crippen LogP contribution in [-0.2, 0) is 7.05 Å². The van der Waals surface area contributed by atoms with Crippen molar-refractivity contribution in [1.29, 1.82) is 0 Å². The summed E-state index contributed by atoms with van der Waals surface area (Å²) in [6.45, 7) is 13.1. The summed E-state index contributed by atoms with van der Waals surface area (Å²) in [6.07, 6.45) is 5.93. The van der Waals surface area contributed by atoms with Crippen LogP contribution in [0.15, 0.2) is 36.7 Å². The maximum atomic E-state index is 5.79. The summed E-state index contributed by atoms with van der Waals surface area (Å²) < 4.78 is 7.60. The summed E-state index contributed by atoms with van der Waals surface area (Å²) in [5, 5.41) is 22.1. The zero-order valence-electron chi connectivity index (χ0n) is 23.1. The van der Waals surface area contributed by atoms with Crippen LogP contribution in [0.2, 0.25) is 0 Å². The average molecular weight is 500 g/mol. The van der Waals surface area contributed by atoms with Gasteiger partial charge >= 0.3 is 0 Å². The first-order valence-electron chi connectivity index (χ1n) is 12.8. The Kier molecular flexibility index (Phi) is 6.18. The number of nitrogens with one attached hydrogen (secondary N) is 2. The Balaban J connectivity index is 1.53. The Bertz CT molecular complexity index is 1450. The van der Waals surface area contributed by atoms with E-state index in [0.29, 0.717) is 6.04 Å². The number of nitrogens with zero attached hydrogens (tertiary/aromatic N) is 5. The van der Waals surface area contributed by atoms with Gasteiger partial charge in [0.25, 0.3) is 0 Å². The summed E-state index contributed by atoms with van der Waals surface area (Å²) in [7, 11) is 3.60. The highest BCUT2D eigenvalue weighted by Crippen LogP contribution is 2.38. The molecule has 194 valence electrons. The van der Waals surface area contributed by atoms with E-state index in [9.17, 15) is 0 Å². The standard InChI is InChI=1S/C29H37N7O/c1-17-9-25(33-34-27(17)32-20-13-28(3,4)35-29(5,6)14-20)23-11-22-21(19-15-30-36(7)16-19)10-18(2)31-24(22)12-26(23)37-8/h9-12,15-16,20,35H,13-14H2,1-8H3,(H,32,34). The normalized spacial score (nSPS) is 17.2. The fraction of sp³-hybridized carbons (Fsp3) is 0.448. The van der Waals surface area contributed by atoms with Crippen molar-refractivity contribution in [2.75, 3.05) is 12.4 Å². The molecule has 1 aliphatic heterocycles. The molecule has 1 saturated heterocycles. The van der Waals surface area contributed by atoms with Crippen molar-refractivity contribution >= 4 is 16.7 Å². The molecule has 0 unspecified atom stereocenters. The molecule has 1 fully saturated rings. The molecule has 37 heavy (non-hydrogen) atoms. The number of aromatic nitrogens is 5. The predicted molar refractivity (Wildman–Crippen MR) is 149 cm³/mol. The van der Waals surface area contributed by atoms with Gasteiger partial charge in [0.2, 0.25) is 0 Å². The second kappa shape index (κ2) is 9.10. The number of aryl methyl sites for hydroxylation is 3. The number of benzene rings is 1. The van der Waals surface area contributed by atoms with E-state index in [1.165, 1.54) is 0 Å². The Hall–Kier alpha value is -3.52. The smallest absolute Gasteiger partial charge is 0.151 e. The molecule has 0 radical (unpaired) electrons. The zero-order valence-corrected chi connectivity index (χ0v) is 23.1. The van der Waals surface area contributed by atoms with Crippen LogP contribution in [0, 0.1) is 13.8 Å². The molecule has 2 N–H and O–H groups in total. The average Bonchev–Trinajstić information content (AvgIpc) is 3.23. The number of ether oxygens (including phenoxy) is 1. The second-order valence-corrected chi connectivity index (χ2v) is 11.7. The SMILES string of the molecule is COc1cc2nc(C)cc(-c3cnn(C)c3)c2cc1-c1cc(C)c(NC2CC(C)(C)NC(C)(C)C2)nn1. The molecule has 0 bridgehead atoms. The Morgan fingerprint density at radius 3 is 2.35 bits per heavy atom. The summed E-state index contributed by atoms with van der Waals surface area (Å²) in [6, 6.07) is 8.59. The molecule has 1 aliphatic rings. The van der Waals surface area contributed by atoms with E-state index in [1.54, 1.807) is 7.11 Å². The molecule has 0 aliphatic carbocycles. The Morgan fingerprint density at radius 1 is 1.00 bits per heavy atom. The van der Waals surface area contributed by atoms with Crippen LogP contribution >= 0.6 is 0 Å². The van der Waals surface area contributed by atoms with E-state index in [-0.39, 0.29) is 11.1 Å². The first-order valence-corrected chi connectivity index (χ1v) is 12.8. The fourth-order valence-electron chi connectivity index (χ4n) is 5.93. The number of pyridine rings is 1. The minimum atomic E-state index is 0.0531. The zero-order chi connectivity index (χ0) is 26.5. The molecule has 0 atom stereocenters. The maximum Gasteiger partial charge on any atom is 0.151 e. The summed E-state index contributed by atoms with van der Waals surface area (Å²) >= 11 is 0. The Labute approximate surface area is 218 Å². The Morgan fingerprint density at radius 2 is 1.73 bits per heavy atom. The molecule has 0 spiro atoms. The lowest BCUT2D eigenvalue weighted by molar-refractivity contribution is 0.170. The number of hydrogen-bond acceptors (Lipinski definition) is 7. The van der Waals surface area contributed by atoms with Gasteiger partial charge in [-0.05, 0) is 83.7 Å². The van der Waals surface area contributed by atoms with Crippen LogP contribution in [0.25, 0.3) is 33.3 Å². The van der Waals surface area contributed by atoms with Gasteiger partial charge in [0.15, 0.2) is 5.82 Å². The number of anilines is 1. The van der Waals surface area contributed by atoms with Gasteiger partial charge in [-0.2, -0.15) is 5.10 Å². The van der Waals surface area contributed by atoms with Crippen LogP contribution in [0.1, 0.15) is 51.8 Å². The lowest BCUT2D eigenvalue weighted by atomic mass is 9.79. The van der Waals surface area contributed by atoms with Gasteiger partial charge in [-0.15, -0.1) is 10.2 Å². The van der Waals surface area contributed by atoms with Crippen molar-refractivity contribution in [3.63, 3.8) is 0 Å². The number of hydrogen-bond donors (Lipinski definition) is 2. The minimum absolute atomic E-state index is 0.0531. The third kappa shape index (κ3) is 5.16. The van der Waals surface area contributed by atoms with Crippen molar-refractivity contribution in [3.05, 3.63) is 47.9 Å². The molecule has 4 aromatic rings. The minimum Gasteiger partial charge on any atom is -0.496 e. The topological polar surface area (TPSA) is 89.8 Å². The number of rotatable bonds is 5. The van der Waals surface area contributed by atoms with Crippen LogP contribution in [-0.4, -0.2) is 49.2 Å². The largest absolute Gasteiger partial charge is 0.496 e. The van der Waals surface area contributed by atoms with Crippen molar-refractivity contribution in [2.24, 2.45) is 7.05 Å². The molecule has 8 heteroatoms. The van der Waals surface area contributed by atoms with Gasteiger partial charge in [0.1, 0.15) is 5.75 Å². The molecule has 3 aromatic heterocycles. The van der Waals surface area contributed by atoms with Gasteiger partial charge in [-0.3, -0.25) is 9.67 Å². The summed E-state index contributed by atoms with van der Waals surface area (Å²) in [4.78, 5) is 4.77. The van der Waals surface area contributed by atoms with Gasteiger partial charge in [-0.25, -0.2) is 0 Å². The summed E-state index contributed by atoms with van der Waals surface area (Å²) in [5.74, 6) is 1.55. The monoisotopic (exact) mass is 499 g/mol. The number of methoxy groups -OCH3 is 1. The number of fused-ring (bicyclic) bond motifs is 1. The van der Waals surface area contributed by atoms with E-state index in [0.717, 1.165) is 69.0 Å². The van der Waals surface area contributed by atoms with E-state index in [2.05, 4.69) is 78.7 Å². The van der Waals surface area contributed by atoms with Crippen molar-refractivity contribution in [3.8, 4) is 28.1 Å². The second-order valence-electron chi connectivity index (χ2n) is 11.7. The van der Waals surface area contributed by atoms with E-state index in [1.807, 2.05) is 37.1 Å². The van der Waals surface area contributed by atoms with Gasteiger partial charge < -0.3 is 15.4 Å². The third-order valence-corrected chi connectivity index (χ3v) is 7.07. The molecule has 1 aromatic carbocycles. The lowest BCUT2D eigenvalue weighted by Crippen LogP contribution is -2.60. The number of piperidine rings is 1. The lowest BCUT2D eigenvalue weighted by Gasteiger charge is -2.46. The van der Waals surface area contributed by atoms with Crippen LogP contribution in [0.3, 0.4) is 0 Å². The van der Waals surface area contributed by atoms with E-state index in [4.69, 9.17) is 9.72 Å². The van der Waals surface area contributed by atoms with E-state index < -0.39 is 0 Å². The van der Waals surface area contributed by atoms with Crippen molar-refractivity contribution in [2.45, 2.75) is 71.5 Å². The summed E-state index contributed by atoms with van der Waals surface area (Å²) in [5.41, 5.74) is 6.76. The van der Waals surface area contributed by atoms with Crippen LogP contribution < -0.4 is 15.4 Å². The van der Waals surface area contributed by atoms with Crippen molar-refractivity contribution < 1.29 is 4.74 Å². The van der Waals surface area contributed by atoms with E-state index >= 15 is 0 Å². The molecular formula is C29H37N7O. The van der Waals surface area contributed by atoms with Gasteiger partial charge in [-0.1, -0.05) is 0 Å².